The van der Waals surface area contributed by atoms with Gasteiger partial charge in [0.25, 0.3) is 0 Å². The van der Waals surface area contributed by atoms with E-state index in [-0.39, 0.29) is 12.3 Å². The molecule has 0 radical (unpaired) electrons. The van der Waals surface area contributed by atoms with Crippen LogP contribution in [0.15, 0.2) is 18.2 Å². The standard InChI is InChI=1S/C16H20F3N3O2S/c1-24-9-8-20-6-7-21-14(23)4-5-15-22-12-10-11(16(17,18)19)2-3-13(12)25-15/h2-3,10,20H,4-9H2,1H3,(H,21,23). The zero-order valence-electron chi connectivity index (χ0n) is 13.8. The summed E-state index contributed by atoms with van der Waals surface area (Å²) in [5.41, 5.74) is -0.395. The number of carbonyl (C=O) groups excluding carboxylic acids is 1. The number of carbonyl (C=O) groups is 1. The lowest BCUT2D eigenvalue weighted by Gasteiger charge is -2.05. The van der Waals surface area contributed by atoms with E-state index < -0.39 is 11.7 Å². The lowest BCUT2D eigenvalue weighted by molar-refractivity contribution is -0.137. The first-order valence-corrected chi connectivity index (χ1v) is 8.65. The van der Waals surface area contributed by atoms with Gasteiger partial charge in [0.15, 0.2) is 0 Å². The van der Waals surface area contributed by atoms with E-state index in [1.807, 2.05) is 0 Å². The van der Waals surface area contributed by atoms with E-state index in [0.717, 1.165) is 18.7 Å². The molecule has 2 rings (SSSR count). The van der Waals surface area contributed by atoms with E-state index >= 15 is 0 Å². The van der Waals surface area contributed by atoms with Crippen LogP contribution in [0.4, 0.5) is 13.2 Å². The van der Waals surface area contributed by atoms with E-state index in [1.54, 1.807) is 7.11 Å². The highest BCUT2D eigenvalue weighted by Gasteiger charge is 2.30. The molecule has 0 fully saturated rings. The Bertz CT molecular complexity index is 703. The highest BCUT2D eigenvalue weighted by Crippen LogP contribution is 2.33. The minimum atomic E-state index is -4.38. The van der Waals surface area contributed by atoms with Gasteiger partial charge >= 0.3 is 6.18 Å². The lowest BCUT2D eigenvalue weighted by Crippen LogP contribution is -2.33. The topological polar surface area (TPSA) is 63.2 Å². The number of amides is 1. The summed E-state index contributed by atoms with van der Waals surface area (Å²) in [6, 6.07) is 3.51. The normalized spacial score (nSPS) is 11.8. The molecule has 1 heterocycles. The van der Waals surface area contributed by atoms with Crippen LogP contribution in [0.25, 0.3) is 10.2 Å². The number of ether oxygens (including phenoxy) is 1. The molecule has 0 unspecified atom stereocenters. The Kier molecular flexibility index (Phi) is 7.15. The van der Waals surface area contributed by atoms with Crippen molar-refractivity contribution in [1.29, 1.82) is 0 Å². The van der Waals surface area contributed by atoms with E-state index in [4.69, 9.17) is 4.74 Å². The van der Waals surface area contributed by atoms with Gasteiger partial charge in [-0.05, 0) is 18.2 Å². The van der Waals surface area contributed by atoms with Crippen LogP contribution in [0.2, 0.25) is 0 Å². The quantitative estimate of drug-likeness (QED) is 0.662. The van der Waals surface area contributed by atoms with Gasteiger partial charge in [-0.15, -0.1) is 11.3 Å². The minimum absolute atomic E-state index is 0.108. The van der Waals surface area contributed by atoms with Crippen LogP contribution in [0.5, 0.6) is 0 Å². The minimum Gasteiger partial charge on any atom is -0.383 e. The van der Waals surface area contributed by atoms with Crippen molar-refractivity contribution in [2.45, 2.75) is 19.0 Å². The number of nitrogens with one attached hydrogen (secondary N) is 2. The van der Waals surface area contributed by atoms with Crippen molar-refractivity contribution in [3.8, 4) is 0 Å². The fourth-order valence-electron chi connectivity index (χ4n) is 2.16. The molecule has 5 nitrogen and oxygen atoms in total. The lowest BCUT2D eigenvalue weighted by atomic mass is 10.2. The van der Waals surface area contributed by atoms with Crippen LogP contribution in [0.1, 0.15) is 17.0 Å². The van der Waals surface area contributed by atoms with Crippen molar-refractivity contribution < 1.29 is 22.7 Å². The summed E-state index contributed by atoms with van der Waals surface area (Å²) >= 11 is 1.31. The van der Waals surface area contributed by atoms with Crippen LogP contribution in [-0.4, -0.2) is 44.2 Å². The molecule has 0 aliphatic rings. The Morgan fingerprint density at radius 1 is 1.28 bits per heavy atom. The van der Waals surface area contributed by atoms with Gasteiger partial charge in [-0.25, -0.2) is 4.98 Å². The molecule has 0 atom stereocenters. The van der Waals surface area contributed by atoms with Gasteiger partial charge in [0, 0.05) is 39.6 Å². The summed E-state index contributed by atoms with van der Waals surface area (Å²) in [6.07, 6.45) is -3.72. The Morgan fingerprint density at radius 2 is 2.08 bits per heavy atom. The number of aromatic nitrogens is 1. The fourth-order valence-corrected chi connectivity index (χ4v) is 3.10. The van der Waals surface area contributed by atoms with Crippen molar-refractivity contribution >= 4 is 27.5 Å². The number of thiazole rings is 1. The SMILES string of the molecule is COCCNCCNC(=O)CCc1nc2cc(C(F)(F)F)ccc2s1. The Balaban J connectivity index is 1.79. The van der Waals surface area contributed by atoms with E-state index in [9.17, 15) is 18.0 Å². The van der Waals surface area contributed by atoms with Crippen molar-refractivity contribution in [2.24, 2.45) is 0 Å². The van der Waals surface area contributed by atoms with Crippen LogP contribution < -0.4 is 10.6 Å². The molecule has 0 saturated heterocycles. The van der Waals surface area contributed by atoms with Gasteiger partial charge in [-0.3, -0.25) is 4.79 Å². The highest BCUT2D eigenvalue weighted by molar-refractivity contribution is 7.18. The molecule has 1 aromatic heterocycles. The van der Waals surface area contributed by atoms with Crippen molar-refractivity contribution in [3.05, 3.63) is 28.8 Å². The average Bonchev–Trinajstić information content (AvgIpc) is 2.97. The number of hydrogen-bond acceptors (Lipinski definition) is 5. The first-order valence-electron chi connectivity index (χ1n) is 7.83. The number of rotatable bonds is 9. The third kappa shape index (κ3) is 6.26. The number of halogens is 3. The maximum absolute atomic E-state index is 12.7. The number of methoxy groups -OCH3 is 1. The molecule has 9 heteroatoms. The smallest absolute Gasteiger partial charge is 0.383 e. The molecule has 0 spiro atoms. The van der Waals surface area contributed by atoms with Crippen LogP contribution in [-0.2, 0) is 22.1 Å². The number of fused-ring (bicyclic) bond motifs is 1. The number of aryl methyl sites for hydroxylation is 1. The fraction of sp³-hybridized carbons (Fsp3) is 0.500. The molecule has 1 aromatic carbocycles. The maximum atomic E-state index is 12.7. The third-order valence-corrected chi connectivity index (χ3v) is 4.53. The summed E-state index contributed by atoms with van der Waals surface area (Å²) in [6.45, 7) is 2.49. The largest absolute Gasteiger partial charge is 0.416 e. The van der Waals surface area contributed by atoms with E-state index in [1.165, 1.54) is 17.4 Å². The molecule has 0 aliphatic carbocycles. The maximum Gasteiger partial charge on any atom is 0.416 e. The zero-order valence-corrected chi connectivity index (χ0v) is 14.6. The summed E-state index contributed by atoms with van der Waals surface area (Å²) < 4.78 is 43.7. The number of hydrogen-bond donors (Lipinski definition) is 2. The predicted molar refractivity (Wildman–Crippen MR) is 90.7 cm³/mol. The van der Waals surface area contributed by atoms with Crippen molar-refractivity contribution in [3.63, 3.8) is 0 Å². The molecule has 0 aliphatic heterocycles. The molecule has 0 saturated carbocycles. The average molecular weight is 375 g/mol. The summed E-state index contributed by atoms with van der Waals surface area (Å²) in [4.78, 5) is 16.0. The van der Waals surface area contributed by atoms with Crippen LogP contribution in [0.3, 0.4) is 0 Å². The summed E-state index contributed by atoms with van der Waals surface area (Å²) in [5, 5.41) is 6.54. The summed E-state index contributed by atoms with van der Waals surface area (Å²) in [7, 11) is 1.62. The highest BCUT2D eigenvalue weighted by atomic mass is 32.1. The number of alkyl halides is 3. The Morgan fingerprint density at radius 3 is 2.80 bits per heavy atom. The summed E-state index contributed by atoms with van der Waals surface area (Å²) in [5.74, 6) is -0.108. The Hall–Kier alpha value is -1.71. The number of nitrogens with zero attached hydrogens (tertiary/aromatic N) is 1. The Labute approximate surface area is 147 Å². The zero-order chi connectivity index (χ0) is 18.3. The van der Waals surface area contributed by atoms with Gasteiger partial charge in [0.1, 0.15) is 0 Å². The van der Waals surface area contributed by atoms with Crippen LogP contribution >= 0.6 is 11.3 Å². The molecule has 0 bridgehead atoms. The van der Waals surface area contributed by atoms with Gasteiger partial charge in [0.05, 0.1) is 27.4 Å². The first kappa shape index (κ1) is 19.6. The van der Waals surface area contributed by atoms with Gasteiger partial charge in [0.2, 0.25) is 5.91 Å². The molecular weight excluding hydrogens is 355 g/mol. The van der Waals surface area contributed by atoms with Gasteiger partial charge in [-0.2, -0.15) is 13.2 Å². The monoisotopic (exact) mass is 375 g/mol. The van der Waals surface area contributed by atoms with Gasteiger partial charge in [-0.1, -0.05) is 0 Å². The third-order valence-electron chi connectivity index (χ3n) is 3.43. The molecular formula is C16H20F3N3O2S. The van der Waals surface area contributed by atoms with E-state index in [0.29, 0.717) is 41.3 Å². The number of benzene rings is 1. The van der Waals surface area contributed by atoms with E-state index in [2.05, 4.69) is 15.6 Å². The predicted octanol–water partition coefficient (Wildman–Crippen LogP) is 2.60. The first-order chi connectivity index (χ1) is 11.9. The second-order valence-electron chi connectivity index (χ2n) is 5.38. The molecule has 2 aromatic rings. The molecule has 2 N–H and O–H groups in total. The molecule has 25 heavy (non-hydrogen) atoms. The second kappa shape index (κ2) is 9.12. The van der Waals surface area contributed by atoms with Crippen molar-refractivity contribution in [2.75, 3.05) is 33.4 Å². The van der Waals surface area contributed by atoms with Gasteiger partial charge < -0.3 is 15.4 Å². The molecule has 1 amide bonds. The molecule has 138 valence electrons. The second-order valence-corrected chi connectivity index (χ2v) is 6.50. The van der Waals surface area contributed by atoms with Crippen LogP contribution in [0, 0.1) is 0 Å². The van der Waals surface area contributed by atoms with Crippen molar-refractivity contribution in [1.82, 2.24) is 15.6 Å².